The molecular formula is C12H15BN6. The quantitative estimate of drug-likeness (QED) is 0.631. The molecule has 1 aliphatic heterocycles. The topological polar surface area (TPSA) is 58.0 Å². The molecule has 1 fully saturated rings. The molecule has 0 N–H and O–H groups in total. The van der Waals surface area contributed by atoms with E-state index in [2.05, 4.69) is 29.7 Å². The summed E-state index contributed by atoms with van der Waals surface area (Å²) in [6.45, 7) is 3.56. The van der Waals surface area contributed by atoms with E-state index >= 15 is 0 Å². The molecule has 6 nitrogen and oxygen atoms in total. The van der Waals surface area contributed by atoms with E-state index in [0.29, 0.717) is 0 Å². The smallest absolute Gasteiger partial charge is 0.225 e. The highest BCUT2D eigenvalue weighted by atomic mass is 15.3. The normalized spacial score (nSPS) is 15.6. The molecule has 0 amide bonds. The number of hydrogen-bond donors (Lipinski definition) is 0. The summed E-state index contributed by atoms with van der Waals surface area (Å²) < 4.78 is 0. The first kappa shape index (κ1) is 11.9. The van der Waals surface area contributed by atoms with Crippen LogP contribution in [-0.2, 0) is 0 Å². The predicted octanol–water partition coefficient (Wildman–Crippen LogP) is -1.15. The number of rotatable bonds is 2. The number of hydrogen-bond acceptors (Lipinski definition) is 6. The van der Waals surface area contributed by atoms with Gasteiger partial charge in [-0.25, -0.2) is 19.9 Å². The summed E-state index contributed by atoms with van der Waals surface area (Å²) in [5.41, 5.74) is 1.08. The van der Waals surface area contributed by atoms with Crippen LogP contribution < -0.4 is 15.3 Å². The summed E-state index contributed by atoms with van der Waals surface area (Å²) in [5.74, 6) is 1.60. The van der Waals surface area contributed by atoms with E-state index in [1.54, 1.807) is 12.4 Å². The molecule has 0 unspecified atom stereocenters. The summed E-state index contributed by atoms with van der Waals surface area (Å²) in [7, 11) is 1.99. The van der Waals surface area contributed by atoms with E-state index in [1.165, 1.54) is 0 Å². The highest BCUT2D eigenvalue weighted by Gasteiger charge is 2.20. The lowest BCUT2D eigenvalue weighted by Crippen LogP contribution is -2.47. The van der Waals surface area contributed by atoms with Crippen LogP contribution in [-0.4, -0.2) is 54.0 Å². The van der Waals surface area contributed by atoms with Crippen molar-refractivity contribution in [1.29, 1.82) is 0 Å². The zero-order chi connectivity index (χ0) is 13.1. The molecule has 0 aromatic carbocycles. The lowest BCUT2D eigenvalue weighted by atomic mass is 10.0. The average molecular weight is 254 g/mol. The van der Waals surface area contributed by atoms with Gasteiger partial charge in [0, 0.05) is 51.0 Å². The Balaban J connectivity index is 1.65. The first-order chi connectivity index (χ1) is 9.33. The second kappa shape index (κ2) is 5.21. The largest absolute Gasteiger partial charge is 0.337 e. The molecular weight excluding hydrogens is 239 g/mol. The Kier molecular flexibility index (Phi) is 3.26. The van der Waals surface area contributed by atoms with Gasteiger partial charge in [-0.1, -0.05) is 5.46 Å². The van der Waals surface area contributed by atoms with E-state index in [0.717, 1.165) is 43.5 Å². The Hall–Kier alpha value is -2.18. The summed E-state index contributed by atoms with van der Waals surface area (Å²) in [6, 6.07) is 1.83. The van der Waals surface area contributed by atoms with Gasteiger partial charge in [0.15, 0.2) is 0 Å². The van der Waals surface area contributed by atoms with Crippen molar-refractivity contribution in [2.75, 3.05) is 36.0 Å². The minimum Gasteiger partial charge on any atom is -0.337 e. The van der Waals surface area contributed by atoms with Gasteiger partial charge in [-0.05, 0) is 6.07 Å². The highest BCUT2D eigenvalue weighted by molar-refractivity contribution is 6.31. The first-order valence-corrected chi connectivity index (χ1v) is 6.38. The average Bonchev–Trinajstić information content (AvgIpc) is 2.49. The number of piperazine rings is 1. The minimum atomic E-state index is 0.798. The molecule has 0 spiro atoms. The van der Waals surface area contributed by atoms with E-state index < -0.39 is 0 Å². The van der Waals surface area contributed by atoms with Crippen LogP contribution in [0, 0.1) is 0 Å². The lowest BCUT2D eigenvalue weighted by molar-refractivity contribution is 0.628. The van der Waals surface area contributed by atoms with Gasteiger partial charge in [0.25, 0.3) is 0 Å². The van der Waals surface area contributed by atoms with Gasteiger partial charge in [0.05, 0.1) is 0 Å². The molecule has 2 aromatic rings. The van der Waals surface area contributed by atoms with E-state index in [-0.39, 0.29) is 0 Å². The third kappa shape index (κ3) is 2.64. The summed E-state index contributed by atoms with van der Waals surface area (Å²) in [6.07, 6.45) is 7.26. The van der Waals surface area contributed by atoms with Crippen LogP contribution in [0.4, 0.5) is 11.9 Å². The Bertz CT molecular complexity index is 524. The fourth-order valence-corrected chi connectivity index (χ4v) is 2.11. The molecule has 0 bridgehead atoms. The third-order valence-electron chi connectivity index (χ3n) is 3.16. The second-order valence-corrected chi connectivity index (χ2v) is 4.58. The molecule has 7 heteroatoms. The molecule has 19 heavy (non-hydrogen) atoms. The highest BCUT2D eigenvalue weighted by Crippen LogP contribution is 2.12. The Morgan fingerprint density at radius 3 is 1.79 bits per heavy atom. The Morgan fingerprint density at radius 2 is 1.26 bits per heavy atom. The van der Waals surface area contributed by atoms with Crippen molar-refractivity contribution in [1.82, 2.24) is 19.9 Å². The zero-order valence-electron chi connectivity index (χ0n) is 10.9. The van der Waals surface area contributed by atoms with Gasteiger partial charge in [-0.3, -0.25) is 0 Å². The Labute approximate surface area is 112 Å². The van der Waals surface area contributed by atoms with Crippen molar-refractivity contribution in [3.8, 4) is 0 Å². The lowest BCUT2D eigenvalue weighted by Gasteiger charge is -2.34. The van der Waals surface area contributed by atoms with Gasteiger partial charge >= 0.3 is 0 Å². The first-order valence-electron chi connectivity index (χ1n) is 6.38. The van der Waals surface area contributed by atoms with Crippen molar-refractivity contribution in [3.05, 3.63) is 30.9 Å². The standard InChI is InChI=1S/C12H15BN6/c13-10-8-16-12(17-9-10)19-6-4-18(5-7-19)11-14-2-1-3-15-11/h1-3,8-9H,4-7,13H2. The number of anilines is 2. The van der Waals surface area contributed by atoms with E-state index in [4.69, 9.17) is 0 Å². The van der Waals surface area contributed by atoms with Crippen LogP contribution in [0.2, 0.25) is 0 Å². The molecule has 3 rings (SSSR count). The van der Waals surface area contributed by atoms with Gasteiger partial charge < -0.3 is 9.80 Å². The molecule has 96 valence electrons. The van der Waals surface area contributed by atoms with Gasteiger partial charge in [0.2, 0.25) is 11.9 Å². The molecule has 0 saturated carbocycles. The molecule has 0 radical (unpaired) electrons. The minimum absolute atomic E-state index is 0.798. The monoisotopic (exact) mass is 254 g/mol. The second-order valence-electron chi connectivity index (χ2n) is 4.58. The van der Waals surface area contributed by atoms with E-state index in [9.17, 15) is 0 Å². The fourth-order valence-electron chi connectivity index (χ4n) is 2.11. The summed E-state index contributed by atoms with van der Waals surface area (Å²) >= 11 is 0. The summed E-state index contributed by atoms with van der Waals surface area (Å²) in [4.78, 5) is 21.7. The molecule has 2 aromatic heterocycles. The molecule has 1 aliphatic rings. The van der Waals surface area contributed by atoms with Crippen molar-refractivity contribution >= 4 is 25.2 Å². The van der Waals surface area contributed by atoms with Gasteiger partial charge in [-0.15, -0.1) is 0 Å². The Morgan fingerprint density at radius 1 is 0.789 bits per heavy atom. The zero-order valence-corrected chi connectivity index (χ0v) is 10.9. The van der Waals surface area contributed by atoms with Crippen LogP contribution in [0.3, 0.4) is 0 Å². The van der Waals surface area contributed by atoms with Gasteiger partial charge in [0.1, 0.15) is 7.85 Å². The fraction of sp³-hybridized carbons (Fsp3) is 0.333. The SMILES string of the molecule is Bc1cnc(N2CCN(c3ncccn3)CC2)nc1. The van der Waals surface area contributed by atoms with Crippen LogP contribution in [0.1, 0.15) is 0 Å². The molecule has 3 heterocycles. The van der Waals surface area contributed by atoms with Crippen LogP contribution in [0.25, 0.3) is 0 Å². The van der Waals surface area contributed by atoms with Crippen molar-refractivity contribution in [2.45, 2.75) is 0 Å². The van der Waals surface area contributed by atoms with Crippen molar-refractivity contribution < 1.29 is 0 Å². The summed E-state index contributed by atoms with van der Waals surface area (Å²) in [5, 5.41) is 0. The molecule has 0 atom stereocenters. The predicted molar refractivity (Wildman–Crippen MR) is 76.7 cm³/mol. The maximum Gasteiger partial charge on any atom is 0.225 e. The molecule has 0 aliphatic carbocycles. The maximum atomic E-state index is 4.36. The number of aromatic nitrogens is 4. The van der Waals surface area contributed by atoms with Crippen molar-refractivity contribution in [2.24, 2.45) is 0 Å². The van der Waals surface area contributed by atoms with Crippen LogP contribution >= 0.6 is 0 Å². The van der Waals surface area contributed by atoms with Crippen LogP contribution in [0.15, 0.2) is 30.9 Å². The maximum absolute atomic E-state index is 4.36. The number of nitrogens with zero attached hydrogens (tertiary/aromatic N) is 6. The van der Waals surface area contributed by atoms with Crippen molar-refractivity contribution in [3.63, 3.8) is 0 Å². The molecule has 1 saturated heterocycles. The third-order valence-corrected chi connectivity index (χ3v) is 3.16. The van der Waals surface area contributed by atoms with Gasteiger partial charge in [-0.2, -0.15) is 0 Å². The van der Waals surface area contributed by atoms with E-state index in [1.807, 2.05) is 26.3 Å². The van der Waals surface area contributed by atoms with Crippen LogP contribution in [0.5, 0.6) is 0 Å².